The summed E-state index contributed by atoms with van der Waals surface area (Å²) in [5.41, 5.74) is 1.71. The SMILES string of the molecule is CCCCCOc1ccc(C(=O)Nc2nc3ccc(C(=O)OCC)cc3s2)cc1. The Morgan fingerprint density at radius 3 is 2.52 bits per heavy atom. The van der Waals surface area contributed by atoms with Gasteiger partial charge in [0.1, 0.15) is 5.75 Å². The summed E-state index contributed by atoms with van der Waals surface area (Å²) in [7, 11) is 0. The zero-order valence-electron chi connectivity index (χ0n) is 16.6. The molecule has 0 atom stereocenters. The minimum Gasteiger partial charge on any atom is -0.494 e. The van der Waals surface area contributed by atoms with Crippen molar-refractivity contribution >= 4 is 38.6 Å². The summed E-state index contributed by atoms with van der Waals surface area (Å²) >= 11 is 1.31. The van der Waals surface area contributed by atoms with E-state index in [1.165, 1.54) is 11.3 Å². The van der Waals surface area contributed by atoms with Gasteiger partial charge in [-0.3, -0.25) is 10.1 Å². The number of hydrogen-bond donors (Lipinski definition) is 1. The van der Waals surface area contributed by atoms with E-state index in [1.807, 2.05) is 0 Å². The first-order valence-electron chi connectivity index (χ1n) is 9.72. The molecule has 1 N–H and O–H groups in total. The van der Waals surface area contributed by atoms with E-state index >= 15 is 0 Å². The van der Waals surface area contributed by atoms with Crippen LogP contribution in [0.3, 0.4) is 0 Å². The number of carbonyl (C=O) groups is 2. The van der Waals surface area contributed by atoms with Gasteiger partial charge >= 0.3 is 5.97 Å². The number of aromatic nitrogens is 1. The second-order valence-electron chi connectivity index (χ2n) is 6.46. The third-order valence-corrected chi connectivity index (χ3v) is 5.19. The maximum absolute atomic E-state index is 12.5. The minimum atomic E-state index is -0.370. The average Bonchev–Trinajstić information content (AvgIpc) is 3.13. The van der Waals surface area contributed by atoms with E-state index in [0.717, 1.165) is 29.7 Å². The number of nitrogens with one attached hydrogen (secondary N) is 1. The molecule has 2 aromatic carbocycles. The molecule has 7 heteroatoms. The number of hydrogen-bond acceptors (Lipinski definition) is 6. The van der Waals surface area contributed by atoms with Gasteiger partial charge in [-0.05, 0) is 55.8 Å². The lowest BCUT2D eigenvalue weighted by Gasteiger charge is -2.06. The van der Waals surface area contributed by atoms with Gasteiger partial charge in [0.05, 0.1) is 29.0 Å². The van der Waals surface area contributed by atoms with Crippen molar-refractivity contribution in [1.29, 1.82) is 0 Å². The Kier molecular flexibility index (Phi) is 7.19. The number of benzene rings is 2. The third-order valence-electron chi connectivity index (χ3n) is 4.25. The highest BCUT2D eigenvalue weighted by Crippen LogP contribution is 2.27. The van der Waals surface area contributed by atoms with Crippen LogP contribution in [0.4, 0.5) is 5.13 Å². The molecule has 0 fully saturated rings. The predicted molar refractivity (Wildman–Crippen MR) is 115 cm³/mol. The molecule has 152 valence electrons. The molecule has 6 nitrogen and oxygen atoms in total. The highest BCUT2D eigenvalue weighted by molar-refractivity contribution is 7.22. The van der Waals surface area contributed by atoms with E-state index < -0.39 is 0 Å². The fourth-order valence-electron chi connectivity index (χ4n) is 2.73. The van der Waals surface area contributed by atoms with Crippen molar-refractivity contribution in [3.05, 3.63) is 53.6 Å². The summed E-state index contributed by atoms with van der Waals surface area (Å²) in [6, 6.07) is 12.2. The van der Waals surface area contributed by atoms with Crippen LogP contribution in [0.1, 0.15) is 53.8 Å². The number of unbranched alkanes of at least 4 members (excludes halogenated alkanes) is 2. The maximum atomic E-state index is 12.5. The average molecular weight is 413 g/mol. The molecule has 1 amide bonds. The molecule has 0 aliphatic heterocycles. The van der Waals surface area contributed by atoms with Gasteiger partial charge in [0.2, 0.25) is 0 Å². The van der Waals surface area contributed by atoms with Gasteiger partial charge in [-0.2, -0.15) is 0 Å². The number of amides is 1. The topological polar surface area (TPSA) is 77.5 Å². The fraction of sp³-hybridized carbons (Fsp3) is 0.318. The van der Waals surface area contributed by atoms with Gasteiger partial charge in [-0.25, -0.2) is 9.78 Å². The largest absolute Gasteiger partial charge is 0.494 e. The number of carbonyl (C=O) groups excluding carboxylic acids is 2. The molecule has 1 aromatic heterocycles. The fourth-order valence-corrected chi connectivity index (χ4v) is 3.63. The number of fused-ring (bicyclic) bond motifs is 1. The van der Waals surface area contributed by atoms with Gasteiger partial charge < -0.3 is 9.47 Å². The van der Waals surface area contributed by atoms with Crippen LogP contribution in [0.15, 0.2) is 42.5 Å². The molecule has 0 spiro atoms. The van der Waals surface area contributed by atoms with Gasteiger partial charge in [-0.15, -0.1) is 0 Å². The molecule has 0 bridgehead atoms. The van der Waals surface area contributed by atoms with Crippen LogP contribution in [-0.4, -0.2) is 30.1 Å². The Labute approximate surface area is 173 Å². The van der Waals surface area contributed by atoms with Crippen LogP contribution in [0.5, 0.6) is 5.75 Å². The molecule has 0 saturated heterocycles. The Morgan fingerprint density at radius 1 is 1.03 bits per heavy atom. The first kappa shape index (κ1) is 20.8. The first-order chi connectivity index (χ1) is 14.1. The number of thiazole rings is 1. The smallest absolute Gasteiger partial charge is 0.338 e. The summed E-state index contributed by atoms with van der Waals surface area (Å²) in [6.45, 7) is 4.92. The predicted octanol–water partition coefficient (Wildman–Crippen LogP) is 5.29. The lowest BCUT2D eigenvalue weighted by atomic mass is 10.2. The normalized spacial score (nSPS) is 10.7. The molecule has 3 rings (SSSR count). The highest BCUT2D eigenvalue weighted by Gasteiger charge is 2.13. The van der Waals surface area contributed by atoms with Gasteiger partial charge in [0.25, 0.3) is 5.91 Å². The van der Waals surface area contributed by atoms with Crippen molar-refractivity contribution < 1.29 is 19.1 Å². The molecule has 0 radical (unpaired) electrons. The summed E-state index contributed by atoms with van der Waals surface area (Å²) in [4.78, 5) is 28.8. The lowest BCUT2D eigenvalue weighted by molar-refractivity contribution is 0.0526. The van der Waals surface area contributed by atoms with Crippen LogP contribution >= 0.6 is 11.3 Å². The van der Waals surface area contributed by atoms with Crippen LogP contribution in [0.25, 0.3) is 10.2 Å². The number of ether oxygens (including phenoxy) is 2. The zero-order valence-corrected chi connectivity index (χ0v) is 17.4. The van der Waals surface area contributed by atoms with Crippen molar-refractivity contribution in [3.8, 4) is 5.75 Å². The van der Waals surface area contributed by atoms with Gasteiger partial charge in [-0.1, -0.05) is 31.1 Å². The van der Waals surface area contributed by atoms with Crippen LogP contribution < -0.4 is 10.1 Å². The third kappa shape index (κ3) is 5.54. The summed E-state index contributed by atoms with van der Waals surface area (Å²) in [6.07, 6.45) is 3.32. The molecular formula is C22H24N2O4S. The van der Waals surface area contributed by atoms with Gasteiger partial charge in [0, 0.05) is 5.56 Å². The van der Waals surface area contributed by atoms with Crippen molar-refractivity contribution in [2.45, 2.75) is 33.1 Å². The molecular weight excluding hydrogens is 388 g/mol. The number of anilines is 1. The monoisotopic (exact) mass is 412 g/mol. The van der Waals surface area contributed by atoms with Crippen LogP contribution in [-0.2, 0) is 4.74 Å². The Balaban J connectivity index is 1.64. The van der Waals surface area contributed by atoms with E-state index in [0.29, 0.717) is 35.0 Å². The van der Waals surface area contributed by atoms with Crippen molar-refractivity contribution in [2.24, 2.45) is 0 Å². The Bertz CT molecular complexity index is 982. The Morgan fingerprint density at radius 2 is 1.79 bits per heavy atom. The quantitative estimate of drug-likeness (QED) is 0.381. The molecule has 0 aliphatic carbocycles. The summed E-state index contributed by atoms with van der Waals surface area (Å²) in [5, 5.41) is 3.29. The number of rotatable bonds is 9. The van der Waals surface area contributed by atoms with E-state index in [9.17, 15) is 9.59 Å². The van der Waals surface area contributed by atoms with Crippen LogP contribution in [0.2, 0.25) is 0 Å². The molecule has 0 saturated carbocycles. The standard InChI is InChI=1S/C22H24N2O4S/c1-3-5-6-13-28-17-10-7-15(8-11-17)20(25)24-22-23-18-12-9-16(14-19(18)29-22)21(26)27-4-2/h7-12,14H,3-6,13H2,1-2H3,(H,23,24,25). The van der Waals surface area contributed by atoms with Crippen molar-refractivity contribution in [3.63, 3.8) is 0 Å². The van der Waals surface area contributed by atoms with Crippen molar-refractivity contribution in [2.75, 3.05) is 18.5 Å². The second-order valence-corrected chi connectivity index (χ2v) is 7.49. The van der Waals surface area contributed by atoms with E-state index in [-0.39, 0.29) is 11.9 Å². The molecule has 3 aromatic rings. The van der Waals surface area contributed by atoms with E-state index in [1.54, 1.807) is 49.4 Å². The zero-order chi connectivity index (χ0) is 20.6. The molecule has 1 heterocycles. The minimum absolute atomic E-state index is 0.243. The van der Waals surface area contributed by atoms with E-state index in [4.69, 9.17) is 9.47 Å². The molecule has 0 aliphatic rings. The molecule has 0 unspecified atom stereocenters. The Hall–Kier alpha value is -2.93. The lowest BCUT2D eigenvalue weighted by Crippen LogP contribution is -2.11. The summed E-state index contributed by atoms with van der Waals surface area (Å²) in [5.74, 6) is 0.140. The maximum Gasteiger partial charge on any atom is 0.338 e. The second kappa shape index (κ2) is 10.0. The number of nitrogens with zero attached hydrogens (tertiary/aromatic N) is 1. The van der Waals surface area contributed by atoms with E-state index in [2.05, 4.69) is 17.2 Å². The number of esters is 1. The summed E-state index contributed by atoms with van der Waals surface area (Å²) < 4.78 is 11.5. The molecule has 29 heavy (non-hydrogen) atoms. The first-order valence-corrected chi connectivity index (χ1v) is 10.5. The highest BCUT2D eigenvalue weighted by atomic mass is 32.1. The van der Waals surface area contributed by atoms with Crippen molar-refractivity contribution in [1.82, 2.24) is 4.98 Å². The van der Waals surface area contributed by atoms with Crippen LogP contribution in [0, 0.1) is 0 Å². The van der Waals surface area contributed by atoms with Gasteiger partial charge in [0.15, 0.2) is 5.13 Å².